The fourth-order valence-electron chi connectivity index (χ4n) is 3.60. The van der Waals surface area contributed by atoms with E-state index in [2.05, 4.69) is 50.4 Å². The van der Waals surface area contributed by atoms with Crippen LogP contribution in [0.3, 0.4) is 0 Å². The monoisotopic (exact) mass is 287 g/mol. The van der Waals surface area contributed by atoms with Crippen molar-refractivity contribution in [1.82, 2.24) is 0 Å². The van der Waals surface area contributed by atoms with E-state index in [-0.39, 0.29) is 0 Å². The van der Waals surface area contributed by atoms with Crippen LogP contribution >= 0.6 is 0 Å². The van der Waals surface area contributed by atoms with E-state index in [0.29, 0.717) is 12.0 Å². The minimum Gasteiger partial charge on any atom is -0.382 e. The van der Waals surface area contributed by atoms with Gasteiger partial charge in [-0.25, -0.2) is 0 Å². The summed E-state index contributed by atoms with van der Waals surface area (Å²) in [7, 11) is 0. The van der Waals surface area contributed by atoms with Crippen molar-refractivity contribution in [3.8, 4) is 0 Å². The molecular weight excluding hydrogens is 254 g/mol. The van der Waals surface area contributed by atoms with Crippen LogP contribution in [0.15, 0.2) is 24.3 Å². The zero-order valence-electron chi connectivity index (χ0n) is 14.2. The Balaban J connectivity index is 1.86. The highest BCUT2D eigenvalue weighted by Crippen LogP contribution is 2.28. The molecule has 0 aliphatic heterocycles. The predicted octanol–water partition coefficient (Wildman–Crippen LogP) is 6.36. The fourth-order valence-corrected chi connectivity index (χ4v) is 3.60. The van der Waals surface area contributed by atoms with E-state index < -0.39 is 0 Å². The first-order valence-electron chi connectivity index (χ1n) is 9.09. The zero-order valence-corrected chi connectivity index (χ0v) is 14.2. The first kappa shape index (κ1) is 16.4. The summed E-state index contributed by atoms with van der Waals surface area (Å²) >= 11 is 0. The van der Waals surface area contributed by atoms with Gasteiger partial charge in [0.25, 0.3) is 0 Å². The first-order valence-corrected chi connectivity index (χ1v) is 9.09. The van der Waals surface area contributed by atoms with Crippen molar-refractivity contribution >= 4 is 5.69 Å². The minimum absolute atomic E-state index is 0.673. The maximum Gasteiger partial charge on any atom is 0.0342 e. The van der Waals surface area contributed by atoms with Crippen LogP contribution in [0.5, 0.6) is 0 Å². The van der Waals surface area contributed by atoms with Crippen LogP contribution in [0, 0.1) is 5.92 Å². The number of hydrogen-bond acceptors (Lipinski definition) is 1. The van der Waals surface area contributed by atoms with Gasteiger partial charge in [-0.15, -0.1) is 0 Å². The average Bonchev–Trinajstić information content (AvgIpc) is 2.73. The van der Waals surface area contributed by atoms with Gasteiger partial charge >= 0.3 is 0 Å². The molecule has 21 heavy (non-hydrogen) atoms. The van der Waals surface area contributed by atoms with Crippen molar-refractivity contribution < 1.29 is 0 Å². The smallest absolute Gasteiger partial charge is 0.0342 e. The Morgan fingerprint density at radius 2 is 1.81 bits per heavy atom. The van der Waals surface area contributed by atoms with E-state index in [4.69, 9.17) is 0 Å². The molecule has 118 valence electrons. The molecule has 0 spiro atoms. The van der Waals surface area contributed by atoms with Crippen LogP contribution in [-0.4, -0.2) is 6.04 Å². The molecule has 2 rings (SSSR count). The summed E-state index contributed by atoms with van der Waals surface area (Å²) in [6.07, 6.45) is 10.9. The standard InChI is InChI=1S/C20H33N/c1-4-7-17-8-6-9-19(13-10-17)21-20-14-11-18(12-15-20)16(3)5-2/h11-12,14-17,19,21H,4-10,13H2,1-3H3. The largest absolute Gasteiger partial charge is 0.382 e. The molecule has 0 aromatic heterocycles. The molecule has 1 aromatic carbocycles. The van der Waals surface area contributed by atoms with Gasteiger partial charge in [0.05, 0.1) is 0 Å². The third-order valence-electron chi connectivity index (χ3n) is 5.25. The number of hydrogen-bond donors (Lipinski definition) is 1. The molecule has 1 aliphatic carbocycles. The molecule has 3 unspecified atom stereocenters. The summed E-state index contributed by atoms with van der Waals surface area (Å²) in [5, 5.41) is 3.77. The predicted molar refractivity (Wildman–Crippen MR) is 94.0 cm³/mol. The lowest BCUT2D eigenvalue weighted by Crippen LogP contribution is -2.18. The molecule has 0 saturated heterocycles. The Morgan fingerprint density at radius 3 is 2.48 bits per heavy atom. The second-order valence-electron chi connectivity index (χ2n) is 6.94. The highest BCUT2D eigenvalue weighted by atomic mass is 14.9. The van der Waals surface area contributed by atoms with E-state index >= 15 is 0 Å². The summed E-state index contributed by atoms with van der Waals surface area (Å²) in [6, 6.07) is 9.83. The van der Waals surface area contributed by atoms with Gasteiger partial charge in [0, 0.05) is 11.7 Å². The van der Waals surface area contributed by atoms with E-state index in [9.17, 15) is 0 Å². The van der Waals surface area contributed by atoms with Gasteiger partial charge in [-0.1, -0.05) is 58.6 Å². The number of benzene rings is 1. The molecule has 0 amide bonds. The van der Waals surface area contributed by atoms with Crippen LogP contribution in [0.2, 0.25) is 0 Å². The van der Waals surface area contributed by atoms with Gasteiger partial charge in [0.15, 0.2) is 0 Å². The molecule has 3 atom stereocenters. The van der Waals surface area contributed by atoms with Crippen LogP contribution < -0.4 is 5.32 Å². The SMILES string of the molecule is CCCC1CCCC(Nc2ccc(C(C)CC)cc2)CC1. The van der Waals surface area contributed by atoms with Gasteiger partial charge in [-0.2, -0.15) is 0 Å². The van der Waals surface area contributed by atoms with Crippen molar-refractivity contribution in [1.29, 1.82) is 0 Å². The molecule has 1 fully saturated rings. The molecule has 1 saturated carbocycles. The summed E-state index contributed by atoms with van der Waals surface area (Å²) in [4.78, 5) is 0. The second kappa shape index (κ2) is 8.46. The van der Waals surface area contributed by atoms with Crippen LogP contribution in [0.4, 0.5) is 5.69 Å². The van der Waals surface area contributed by atoms with Gasteiger partial charge in [0.1, 0.15) is 0 Å². The molecule has 1 N–H and O–H groups in total. The molecule has 0 radical (unpaired) electrons. The van der Waals surface area contributed by atoms with Gasteiger partial charge in [-0.05, 0) is 55.2 Å². The highest BCUT2D eigenvalue weighted by Gasteiger charge is 2.18. The van der Waals surface area contributed by atoms with Crippen molar-refractivity contribution in [2.75, 3.05) is 5.32 Å². The maximum absolute atomic E-state index is 3.77. The Morgan fingerprint density at radius 1 is 1.05 bits per heavy atom. The lowest BCUT2D eigenvalue weighted by Gasteiger charge is -2.19. The highest BCUT2D eigenvalue weighted by molar-refractivity contribution is 5.46. The number of nitrogens with one attached hydrogen (secondary N) is 1. The average molecular weight is 287 g/mol. The van der Waals surface area contributed by atoms with E-state index in [1.807, 2.05) is 0 Å². The normalized spacial score (nSPS) is 24.3. The van der Waals surface area contributed by atoms with Crippen molar-refractivity contribution in [3.05, 3.63) is 29.8 Å². The Labute approximate surface area is 131 Å². The maximum atomic E-state index is 3.77. The third kappa shape index (κ3) is 5.05. The number of rotatable bonds is 6. The minimum atomic E-state index is 0.673. The zero-order chi connectivity index (χ0) is 15.1. The lowest BCUT2D eigenvalue weighted by molar-refractivity contribution is 0.422. The molecule has 1 heteroatoms. The van der Waals surface area contributed by atoms with E-state index in [1.54, 1.807) is 0 Å². The molecule has 1 aliphatic rings. The van der Waals surface area contributed by atoms with E-state index in [1.165, 1.54) is 62.6 Å². The van der Waals surface area contributed by atoms with Crippen molar-refractivity contribution in [2.24, 2.45) is 5.92 Å². The summed E-state index contributed by atoms with van der Waals surface area (Å²) in [5.74, 6) is 1.65. The quantitative estimate of drug-likeness (QED) is 0.600. The summed E-state index contributed by atoms with van der Waals surface area (Å²) in [6.45, 7) is 6.89. The van der Waals surface area contributed by atoms with Gasteiger partial charge in [-0.3, -0.25) is 0 Å². The topological polar surface area (TPSA) is 12.0 Å². The van der Waals surface area contributed by atoms with Crippen LogP contribution in [0.25, 0.3) is 0 Å². The van der Waals surface area contributed by atoms with Crippen molar-refractivity contribution in [2.45, 2.75) is 84.1 Å². The van der Waals surface area contributed by atoms with Gasteiger partial charge < -0.3 is 5.32 Å². The molecule has 1 aromatic rings. The fraction of sp³-hybridized carbons (Fsp3) is 0.700. The third-order valence-corrected chi connectivity index (χ3v) is 5.25. The first-order chi connectivity index (χ1) is 10.2. The molecular formula is C20H33N. The van der Waals surface area contributed by atoms with E-state index in [0.717, 1.165) is 5.92 Å². The van der Waals surface area contributed by atoms with Crippen LogP contribution in [-0.2, 0) is 0 Å². The van der Waals surface area contributed by atoms with Crippen LogP contribution in [0.1, 0.15) is 83.6 Å². The number of anilines is 1. The summed E-state index contributed by atoms with van der Waals surface area (Å²) < 4.78 is 0. The summed E-state index contributed by atoms with van der Waals surface area (Å²) in [5.41, 5.74) is 2.77. The Bertz CT molecular complexity index is 395. The molecule has 0 bridgehead atoms. The molecule has 1 nitrogen and oxygen atoms in total. The molecule has 0 heterocycles. The lowest BCUT2D eigenvalue weighted by atomic mass is 9.95. The Hall–Kier alpha value is -0.980. The van der Waals surface area contributed by atoms with Gasteiger partial charge in [0.2, 0.25) is 0 Å². The second-order valence-corrected chi connectivity index (χ2v) is 6.94. The van der Waals surface area contributed by atoms with Crippen molar-refractivity contribution in [3.63, 3.8) is 0 Å². The Kier molecular flexibility index (Phi) is 6.60.